The molecule has 0 saturated heterocycles. The molecule has 2 aromatic carbocycles. The van der Waals surface area contributed by atoms with Gasteiger partial charge >= 0.3 is 11.9 Å². The van der Waals surface area contributed by atoms with Crippen molar-refractivity contribution in [3.05, 3.63) is 103 Å². The number of amides is 4. The summed E-state index contributed by atoms with van der Waals surface area (Å²) in [5.41, 5.74) is 3.07. The van der Waals surface area contributed by atoms with E-state index in [9.17, 15) is 28.8 Å². The van der Waals surface area contributed by atoms with Gasteiger partial charge in [0.2, 0.25) is 23.6 Å². The lowest BCUT2D eigenvalue weighted by Gasteiger charge is -2.28. The third-order valence-corrected chi connectivity index (χ3v) is 17.0. The first kappa shape index (κ1) is 55.0. The molecule has 4 N–H and O–H groups in total. The van der Waals surface area contributed by atoms with E-state index in [1.54, 1.807) is 13.8 Å². The Morgan fingerprint density at radius 2 is 1.19 bits per heavy atom. The smallest absolute Gasteiger partial charge is 0.329 e. The van der Waals surface area contributed by atoms with Crippen LogP contribution < -0.4 is 21.3 Å². The second kappa shape index (κ2) is 24.5. The maximum absolute atomic E-state index is 13.4. The van der Waals surface area contributed by atoms with Crippen LogP contribution >= 0.6 is 71.5 Å². The Balaban J connectivity index is 0.000000211. The predicted octanol–water partition coefficient (Wildman–Crippen LogP) is 6.45. The summed E-state index contributed by atoms with van der Waals surface area (Å²) >= 11 is 14.4. The van der Waals surface area contributed by atoms with E-state index in [0.717, 1.165) is 38.7 Å². The minimum atomic E-state index is -1.02. The summed E-state index contributed by atoms with van der Waals surface area (Å²) in [4.78, 5) is 97.5. The Bertz CT molecular complexity index is 2730. The lowest BCUT2D eigenvalue weighted by Crippen LogP contribution is -2.53. The number of carbonyl (C=O) groups excluding carboxylic acids is 6. The molecule has 16 nitrogen and oxygen atoms in total. The van der Waals surface area contributed by atoms with Crippen molar-refractivity contribution >= 4 is 117 Å². The molecule has 8 rings (SSSR count). The van der Waals surface area contributed by atoms with Crippen LogP contribution in [0.2, 0.25) is 0 Å². The van der Waals surface area contributed by atoms with Gasteiger partial charge < -0.3 is 30.7 Å². The average molecular weight is 1090 g/mol. The number of nitrogens with one attached hydrogen (secondary N) is 4. The lowest BCUT2D eigenvalue weighted by atomic mass is 9.99. The van der Waals surface area contributed by atoms with Gasteiger partial charge in [-0.15, -0.1) is 46.2 Å². The van der Waals surface area contributed by atoms with Crippen LogP contribution in [0.5, 0.6) is 0 Å². The lowest BCUT2D eigenvalue weighted by molar-refractivity contribution is -0.157. The monoisotopic (exact) mass is 1090 g/mol. The molecule has 4 aromatic rings. The van der Waals surface area contributed by atoms with Crippen molar-refractivity contribution in [3.8, 4) is 0 Å². The summed E-state index contributed by atoms with van der Waals surface area (Å²) in [6, 6.07) is 13.7. The number of ether oxygens (including phenoxy) is 2. The van der Waals surface area contributed by atoms with Gasteiger partial charge in [-0.3, -0.25) is 29.2 Å². The van der Waals surface area contributed by atoms with Crippen molar-refractivity contribution in [3.63, 3.8) is 0 Å². The van der Waals surface area contributed by atoms with Gasteiger partial charge in [0.25, 0.3) is 0 Å². The largest absolute Gasteiger partial charge is 0.460 e. The van der Waals surface area contributed by atoms with Crippen LogP contribution in [0.1, 0.15) is 104 Å². The highest BCUT2D eigenvalue weighted by Gasteiger charge is 2.43. The second-order valence-corrected chi connectivity index (χ2v) is 23.5. The molecule has 8 bridgehead atoms. The van der Waals surface area contributed by atoms with Crippen LogP contribution in [0.3, 0.4) is 0 Å². The van der Waals surface area contributed by atoms with Gasteiger partial charge in [-0.2, -0.15) is 25.3 Å². The number of thiol groups is 2. The molecule has 72 heavy (non-hydrogen) atoms. The Kier molecular flexibility index (Phi) is 18.7. The van der Waals surface area contributed by atoms with E-state index in [1.807, 2.05) is 87.0 Å². The van der Waals surface area contributed by atoms with E-state index in [4.69, 9.17) is 9.47 Å². The Hall–Kier alpha value is -4.74. The Morgan fingerprint density at radius 3 is 1.74 bits per heavy atom. The van der Waals surface area contributed by atoms with Crippen molar-refractivity contribution < 1.29 is 38.2 Å². The molecule has 22 heteroatoms. The molecule has 0 aliphatic carbocycles. The quantitative estimate of drug-likeness (QED) is 0.0829. The van der Waals surface area contributed by atoms with Gasteiger partial charge in [0.1, 0.15) is 66.9 Å². The number of thiazole rings is 2. The number of aryl methyl sites for hydroxylation is 1. The molecule has 4 aliphatic rings. The van der Waals surface area contributed by atoms with Gasteiger partial charge in [0, 0.05) is 34.4 Å². The first-order chi connectivity index (χ1) is 34.3. The summed E-state index contributed by atoms with van der Waals surface area (Å²) in [6.07, 6.45) is -0.449. The zero-order valence-electron chi connectivity index (χ0n) is 40.9. The molecule has 0 radical (unpaired) electrons. The molecule has 0 fully saturated rings. The highest BCUT2D eigenvalue weighted by Crippen LogP contribution is 2.34. The van der Waals surface area contributed by atoms with Crippen molar-refractivity contribution in [1.82, 2.24) is 31.2 Å². The number of benzene rings is 2. The topological polar surface area (TPSA) is 219 Å². The summed E-state index contributed by atoms with van der Waals surface area (Å²) in [5.74, 6) is -0.624. The summed E-state index contributed by atoms with van der Waals surface area (Å²) in [6.45, 7) is 11.4. The molecule has 384 valence electrons. The van der Waals surface area contributed by atoms with E-state index in [-0.39, 0.29) is 61.4 Å². The number of cyclic esters (lactones) is 2. The number of hydrogen-bond acceptors (Lipinski definition) is 18. The van der Waals surface area contributed by atoms with Gasteiger partial charge in [-0.05, 0) is 60.1 Å². The van der Waals surface area contributed by atoms with Crippen LogP contribution in [-0.2, 0) is 69.9 Å². The molecule has 6 heterocycles. The maximum Gasteiger partial charge on any atom is 0.329 e. The van der Waals surface area contributed by atoms with Gasteiger partial charge in [-0.1, -0.05) is 76.2 Å². The number of aliphatic imine (C=N–C) groups is 2. The molecule has 0 unspecified atom stereocenters. The number of carbonyl (C=O) groups is 6. The first-order valence-corrected chi connectivity index (χ1v) is 28.6. The van der Waals surface area contributed by atoms with Crippen molar-refractivity contribution in [1.29, 1.82) is 0 Å². The van der Waals surface area contributed by atoms with E-state index in [2.05, 4.69) is 66.5 Å². The van der Waals surface area contributed by atoms with E-state index in [1.165, 1.54) is 46.2 Å². The standard InChI is InChI=1S/2C25H30N4O4S3/c1-14(2)21-23(31)33-17(8-15-5-4-6-16(7-15)11-34)9-19(30)26-10-20-27-18(12-35-20)22-29-25(3,13-36-22)24(32)28-21;1-14(2)21-23(31)33-18(16-6-4-5-15(9-16)7-8-34)10-19(30)26-11-20-27-17(12-35-20)22-29-25(3,13-36-22)24(32)28-21/h4-7,12,14,17,21,34H,8-11,13H2,1-3H3,(H,26,30)(H,28,32);4-6,9,12,14,18,21,34H,7-8,10-11,13H2,1-3H3,(H,26,30)(H,28,32)/t17-,21+,25+;18-,21-,25-/m10/s1. The fourth-order valence-corrected chi connectivity index (χ4v) is 12.3. The average Bonchev–Trinajstić information content (AvgIpc) is 4.18. The zero-order valence-corrected chi connectivity index (χ0v) is 45.9. The number of nitrogens with zero attached hydrogens (tertiary/aromatic N) is 4. The third-order valence-electron chi connectivity index (χ3n) is 12.2. The van der Waals surface area contributed by atoms with Crippen molar-refractivity contribution in [2.75, 3.05) is 17.3 Å². The SMILES string of the molecule is CC(C)[C@@H]1NC(=O)[C@]2(C)CSC(=N2)c2csc(n2)CNC(=O)C[C@@H](Cc2cccc(CS)c2)OC1=O.CC(C)[C@@H]1NC(=O)[C@]2(C)CSC(=N2)c2csc(n2)CNC(=O)C[C@@H](c2cccc(CCS)c2)OC1=O. The van der Waals surface area contributed by atoms with Crippen LogP contribution in [0.25, 0.3) is 0 Å². The number of thioether (sulfide) groups is 2. The summed E-state index contributed by atoms with van der Waals surface area (Å²) in [5, 5.41) is 18.1. The highest BCUT2D eigenvalue weighted by atomic mass is 32.2. The fraction of sp³-hybridized carbons (Fsp3) is 0.480. The first-order valence-electron chi connectivity index (χ1n) is 23.6. The van der Waals surface area contributed by atoms with Crippen molar-refractivity contribution in [2.24, 2.45) is 21.8 Å². The van der Waals surface area contributed by atoms with Crippen LogP contribution in [-0.4, -0.2) is 102 Å². The minimum absolute atomic E-state index is 0.00584. The van der Waals surface area contributed by atoms with Gasteiger partial charge in [-0.25, -0.2) is 19.6 Å². The van der Waals surface area contributed by atoms with E-state index < -0.39 is 47.3 Å². The van der Waals surface area contributed by atoms with E-state index in [0.29, 0.717) is 50.9 Å². The molecule has 0 spiro atoms. The highest BCUT2D eigenvalue weighted by molar-refractivity contribution is 8.15. The molecular weight excluding hydrogens is 1030 g/mol. The fourth-order valence-electron chi connectivity index (χ4n) is 7.96. The Morgan fingerprint density at radius 1 is 0.681 bits per heavy atom. The molecule has 2 aromatic heterocycles. The maximum atomic E-state index is 13.4. The molecule has 4 amide bonds. The normalized spacial score (nSPS) is 25.2. The molecular formula is C50H60N8O8S6. The third kappa shape index (κ3) is 14.1. The van der Waals surface area contributed by atoms with Crippen LogP contribution in [0.4, 0.5) is 0 Å². The van der Waals surface area contributed by atoms with Gasteiger partial charge in [0.05, 0.1) is 25.9 Å². The predicted molar refractivity (Wildman–Crippen MR) is 291 cm³/mol. The summed E-state index contributed by atoms with van der Waals surface area (Å²) in [7, 11) is 0. The number of aromatic nitrogens is 2. The minimum Gasteiger partial charge on any atom is -0.460 e. The van der Waals surface area contributed by atoms with E-state index >= 15 is 0 Å². The molecule has 6 atom stereocenters. The number of esters is 2. The summed E-state index contributed by atoms with van der Waals surface area (Å²) < 4.78 is 11.8. The number of hydrogen-bond donors (Lipinski definition) is 6. The van der Waals surface area contributed by atoms with Crippen molar-refractivity contribution in [2.45, 2.75) is 121 Å². The molecule has 0 saturated carbocycles. The zero-order chi connectivity index (χ0) is 51.7. The van der Waals surface area contributed by atoms with Crippen LogP contribution in [0, 0.1) is 11.8 Å². The Labute approximate surface area is 447 Å². The number of rotatable bonds is 8. The van der Waals surface area contributed by atoms with Crippen LogP contribution in [0.15, 0.2) is 69.3 Å². The van der Waals surface area contributed by atoms with Gasteiger partial charge in [0.15, 0.2) is 0 Å². The number of fused-ring (bicyclic) bond motifs is 8. The molecule has 4 aliphatic heterocycles. The second-order valence-electron chi connectivity index (χ2n) is 18.9.